The monoisotopic (exact) mass is 418 g/mol. The van der Waals surface area contributed by atoms with Gasteiger partial charge >= 0.3 is 0 Å². The van der Waals surface area contributed by atoms with Gasteiger partial charge in [0, 0.05) is 63.4 Å². The highest BCUT2D eigenvalue weighted by Crippen LogP contribution is 2.29. The van der Waals surface area contributed by atoms with E-state index in [0.29, 0.717) is 10.9 Å². The second-order valence-corrected chi connectivity index (χ2v) is 10.5. The number of nitrogens with zero attached hydrogens (tertiary/aromatic N) is 3. The Hall–Kier alpha value is -1.24. The molecule has 5 nitrogen and oxygen atoms in total. The first-order chi connectivity index (χ1) is 14.1. The minimum absolute atomic E-state index is 0.300. The van der Waals surface area contributed by atoms with Gasteiger partial charge in [-0.05, 0) is 38.7 Å². The van der Waals surface area contributed by atoms with Crippen LogP contribution in [0.4, 0.5) is 0 Å². The number of thioether (sulfide) groups is 1. The van der Waals surface area contributed by atoms with Crippen LogP contribution in [0.25, 0.3) is 0 Å². The average Bonchev–Trinajstić information content (AvgIpc) is 2.72. The van der Waals surface area contributed by atoms with Crippen molar-refractivity contribution in [1.82, 2.24) is 15.1 Å². The summed E-state index contributed by atoms with van der Waals surface area (Å²) >= 11 is 2.05. The van der Waals surface area contributed by atoms with Crippen molar-refractivity contribution in [3.05, 3.63) is 35.9 Å². The standard InChI is InChI=1S/C23H38N4OS/c1-23(2)19-27(15-17-29-23)22(24-3)25-12-7-16-28-21-10-13-26(14-11-21)18-20-8-5-4-6-9-20/h4-6,8-9,21H,7,10-19H2,1-3H3,(H,24,25). The van der Waals surface area contributed by atoms with Crippen molar-refractivity contribution in [3.63, 3.8) is 0 Å². The molecule has 162 valence electrons. The summed E-state index contributed by atoms with van der Waals surface area (Å²) in [7, 11) is 1.89. The fourth-order valence-corrected chi connectivity index (χ4v) is 5.24. The van der Waals surface area contributed by atoms with Crippen molar-refractivity contribution in [1.29, 1.82) is 0 Å². The molecule has 2 heterocycles. The van der Waals surface area contributed by atoms with E-state index in [1.165, 1.54) is 11.3 Å². The minimum atomic E-state index is 0.300. The first-order valence-corrected chi connectivity index (χ1v) is 12.0. The Bertz CT molecular complexity index is 629. The molecule has 2 aliphatic rings. The number of guanidine groups is 1. The highest BCUT2D eigenvalue weighted by atomic mass is 32.2. The molecule has 0 radical (unpaired) electrons. The Balaban J connectivity index is 1.27. The quantitative estimate of drug-likeness (QED) is 0.417. The van der Waals surface area contributed by atoms with Gasteiger partial charge in [0.2, 0.25) is 0 Å². The molecule has 0 atom stereocenters. The number of ether oxygens (including phenoxy) is 1. The molecule has 3 rings (SSSR count). The smallest absolute Gasteiger partial charge is 0.193 e. The summed E-state index contributed by atoms with van der Waals surface area (Å²) in [6.07, 6.45) is 3.72. The van der Waals surface area contributed by atoms with Gasteiger partial charge in [-0.2, -0.15) is 11.8 Å². The third-order valence-electron chi connectivity index (χ3n) is 5.68. The van der Waals surface area contributed by atoms with Crippen molar-refractivity contribution < 1.29 is 4.74 Å². The second-order valence-electron chi connectivity index (χ2n) is 8.69. The van der Waals surface area contributed by atoms with E-state index < -0.39 is 0 Å². The average molecular weight is 419 g/mol. The van der Waals surface area contributed by atoms with Crippen LogP contribution in [0.1, 0.15) is 38.7 Å². The van der Waals surface area contributed by atoms with E-state index >= 15 is 0 Å². The predicted octanol–water partition coefficient (Wildman–Crippen LogP) is 3.46. The van der Waals surface area contributed by atoms with E-state index in [-0.39, 0.29) is 0 Å². The van der Waals surface area contributed by atoms with Gasteiger partial charge in [-0.3, -0.25) is 9.89 Å². The van der Waals surface area contributed by atoms with Gasteiger partial charge in [0.1, 0.15) is 0 Å². The predicted molar refractivity (Wildman–Crippen MR) is 125 cm³/mol. The summed E-state index contributed by atoms with van der Waals surface area (Å²) in [4.78, 5) is 9.41. The SMILES string of the molecule is CN=C(NCCCOC1CCN(Cc2ccccc2)CC1)N1CCSC(C)(C)C1. The highest BCUT2D eigenvalue weighted by Gasteiger charge is 2.28. The molecule has 2 saturated heterocycles. The first-order valence-electron chi connectivity index (χ1n) is 11.0. The fraction of sp³-hybridized carbons (Fsp3) is 0.696. The lowest BCUT2D eigenvalue weighted by atomic mass is 10.1. The Morgan fingerprint density at radius 3 is 2.66 bits per heavy atom. The molecule has 1 aromatic carbocycles. The zero-order valence-corrected chi connectivity index (χ0v) is 19.2. The number of hydrogen-bond donors (Lipinski definition) is 1. The van der Waals surface area contributed by atoms with Gasteiger partial charge in [-0.25, -0.2) is 0 Å². The van der Waals surface area contributed by atoms with E-state index in [0.717, 1.165) is 71.1 Å². The molecule has 2 aliphatic heterocycles. The molecule has 0 aromatic heterocycles. The second kappa shape index (κ2) is 11.2. The zero-order valence-electron chi connectivity index (χ0n) is 18.4. The number of aliphatic imine (C=N–C) groups is 1. The van der Waals surface area contributed by atoms with Crippen LogP contribution >= 0.6 is 11.8 Å². The topological polar surface area (TPSA) is 40.1 Å². The molecule has 2 fully saturated rings. The molecule has 0 unspecified atom stereocenters. The Morgan fingerprint density at radius 1 is 1.21 bits per heavy atom. The maximum Gasteiger partial charge on any atom is 0.193 e. The Morgan fingerprint density at radius 2 is 1.97 bits per heavy atom. The van der Waals surface area contributed by atoms with Crippen LogP contribution in [0.15, 0.2) is 35.3 Å². The van der Waals surface area contributed by atoms with Crippen LogP contribution in [-0.4, -0.2) is 78.7 Å². The summed E-state index contributed by atoms with van der Waals surface area (Å²) in [5, 5.41) is 3.53. The van der Waals surface area contributed by atoms with Crippen molar-refractivity contribution in [2.45, 2.75) is 50.5 Å². The van der Waals surface area contributed by atoms with Gasteiger partial charge in [-0.1, -0.05) is 30.3 Å². The maximum atomic E-state index is 6.15. The van der Waals surface area contributed by atoms with E-state index in [1.807, 2.05) is 7.05 Å². The lowest BCUT2D eigenvalue weighted by Crippen LogP contribution is -2.51. The minimum Gasteiger partial charge on any atom is -0.378 e. The first kappa shape index (κ1) is 22.4. The Labute approximate surface area is 181 Å². The lowest BCUT2D eigenvalue weighted by molar-refractivity contribution is 0.00531. The van der Waals surface area contributed by atoms with Crippen LogP contribution in [0.3, 0.4) is 0 Å². The van der Waals surface area contributed by atoms with Crippen LogP contribution in [0.5, 0.6) is 0 Å². The molecule has 0 aliphatic carbocycles. The summed E-state index contributed by atoms with van der Waals surface area (Å²) in [5.74, 6) is 2.20. The van der Waals surface area contributed by atoms with E-state index in [9.17, 15) is 0 Å². The molecular weight excluding hydrogens is 380 g/mol. The van der Waals surface area contributed by atoms with Crippen molar-refractivity contribution in [2.24, 2.45) is 4.99 Å². The molecule has 1 aromatic rings. The van der Waals surface area contributed by atoms with Crippen LogP contribution in [-0.2, 0) is 11.3 Å². The van der Waals surface area contributed by atoms with Gasteiger partial charge in [-0.15, -0.1) is 0 Å². The highest BCUT2D eigenvalue weighted by molar-refractivity contribution is 8.00. The Kier molecular flexibility index (Phi) is 8.69. The summed E-state index contributed by atoms with van der Waals surface area (Å²) in [6, 6.07) is 10.8. The normalized spacial score (nSPS) is 21.3. The molecule has 0 bridgehead atoms. The van der Waals surface area contributed by atoms with E-state index in [1.54, 1.807) is 0 Å². The number of rotatable bonds is 7. The van der Waals surface area contributed by atoms with Crippen molar-refractivity contribution in [2.75, 3.05) is 52.1 Å². The molecule has 0 saturated carbocycles. The summed E-state index contributed by atoms with van der Waals surface area (Å²) in [6.45, 7) is 11.8. The number of piperidine rings is 1. The van der Waals surface area contributed by atoms with Gasteiger partial charge in [0.15, 0.2) is 5.96 Å². The molecule has 29 heavy (non-hydrogen) atoms. The van der Waals surface area contributed by atoms with Crippen LogP contribution < -0.4 is 5.32 Å². The largest absolute Gasteiger partial charge is 0.378 e. The number of benzene rings is 1. The van der Waals surface area contributed by atoms with Crippen molar-refractivity contribution >= 4 is 17.7 Å². The molecule has 1 N–H and O–H groups in total. The van der Waals surface area contributed by atoms with E-state index in [2.05, 4.69) is 76.1 Å². The van der Waals surface area contributed by atoms with Crippen LogP contribution in [0.2, 0.25) is 0 Å². The third kappa shape index (κ3) is 7.50. The number of nitrogens with one attached hydrogen (secondary N) is 1. The summed E-state index contributed by atoms with van der Waals surface area (Å²) < 4.78 is 6.45. The number of hydrogen-bond acceptors (Lipinski definition) is 4. The fourth-order valence-electron chi connectivity index (χ4n) is 4.13. The molecule has 0 spiro atoms. The summed E-state index contributed by atoms with van der Waals surface area (Å²) in [5.41, 5.74) is 1.40. The lowest BCUT2D eigenvalue weighted by Gasteiger charge is -2.39. The molecule has 6 heteroatoms. The molecule has 0 amide bonds. The number of likely N-dealkylation sites (tertiary alicyclic amines) is 1. The van der Waals surface area contributed by atoms with Crippen LogP contribution in [0, 0.1) is 0 Å². The van der Waals surface area contributed by atoms with Gasteiger partial charge in [0.25, 0.3) is 0 Å². The van der Waals surface area contributed by atoms with Gasteiger partial charge in [0.05, 0.1) is 6.10 Å². The van der Waals surface area contributed by atoms with Gasteiger partial charge < -0.3 is 15.0 Å². The zero-order chi connectivity index (χ0) is 20.5. The van der Waals surface area contributed by atoms with Crippen molar-refractivity contribution in [3.8, 4) is 0 Å². The third-order valence-corrected chi connectivity index (χ3v) is 6.98. The molecular formula is C23H38N4OS. The van der Waals surface area contributed by atoms with E-state index in [4.69, 9.17) is 4.74 Å². The maximum absolute atomic E-state index is 6.15.